The molecule has 0 aromatic rings. The van der Waals surface area contributed by atoms with Crippen molar-refractivity contribution in [2.24, 2.45) is 0 Å². The number of hydrogen-bond acceptors (Lipinski definition) is 2. The van der Waals surface area contributed by atoms with Gasteiger partial charge >= 0.3 is 0 Å². The number of amides is 1. The summed E-state index contributed by atoms with van der Waals surface area (Å²) in [5, 5.41) is 5.71. The van der Waals surface area contributed by atoms with Crippen LogP contribution in [0.5, 0.6) is 0 Å². The minimum atomic E-state index is 0.0289. The zero-order chi connectivity index (χ0) is 7.84. The van der Waals surface area contributed by atoms with E-state index in [0.29, 0.717) is 5.82 Å². The first kappa shape index (κ1) is 6.46. The summed E-state index contributed by atoms with van der Waals surface area (Å²) in [5.41, 5.74) is 1.98. The van der Waals surface area contributed by atoms with E-state index in [4.69, 9.17) is 0 Å². The Bertz CT molecular complexity index is 265. The van der Waals surface area contributed by atoms with Crippen LogP contribution in [0.15, 0.2) is 23.7 Å². The predicted octanol–water partition coefficient (Wildman–Crippen LogP) is 0.615. The molecule has 2 rings (SSSR count). The molecule has 0 bridgehead atoms. The molecule has 1 aliphatic heterocycles. The number of nitrogens with one attached hydrogen (secondary N) is 2. The fourth-order valence-electron chi connectivity index (χ4n) is 1.56. The smallest absolute Gasteiger partial charge is 0.254 e. The molecule has 3 nitrogen and oxygen atoms in total. The van der Waals surface area contributed by atoms with E-state index < -0.39 is 0 Å². The van der Waals surface area contributed by atoms with Crippen molar-refractivity contribution < 1.29 is 4.79 Å². The van der Waals surface area contributed by atoms with Crippen LogP contribution in [-0.4, -0.2) is 5.91 Å². The van der Waals surface area contributed by atoms with Gasteiger partial charge in [-0.1, -0.05) is 6.58 Å². The van der Waals surface area contributed by atoms with Gasteiger partial charge in [0.2, 0.25) is 0 Å². The molecule has 2 N–H and O–H groups in total. The van der Waals surface area contributed by atoms with Crippen molar-refractivity contribution in [1.29, 1.82) is 0 Å². The first-order chi connectivity index (χ1) is 5.27. The molecule has 0 aromatic carbocycles. The Hall–Kier alpha value is -1.25. The van der Waals surface area contributed by atoms with E-state index >= 15 is 0 Å². The van der Waals surface area contributed by atoms with E-state index in [2.05, 4.69) is 17.2 Å². The molecule has 0 atom stereocenters. The lowest BCUT2D eigenvalue weighted by molar-refractivity contribution is -0.117. The summed E-state index contributed by atoms with van der Waals surface area (Å²) in [6, 6.07) is 0. The van der Waals surface area contributed by atoms with Crippen LogP contribution in [0.3, 0.4) is 0 Å². The number of carbonyl (C=O) groups is 1. The summed E-state index contributed by atoms with van der Waals surface area (Å²) in [7, 11) is 0. The molecule has 0 fully saturated rings. The van der Waals surface area contributed by atoms with Gasteiger partial charge in [-0.2, -0.15) is 0 Å². The van der Waals surface area contributed by atoms with Gasteiger partial charge in [-0.25, -0.2) is 0 Å². The number of carbonyl (C=O) groups excluding carboxylic acids is 1. The molecule has 1 aliphatic carbocycles. The fraction of sp³-hybridized carbons (Fsp3) is 0.375. The van der Waals surface area contributed by atoms with Crippen molar-refractivity contribution in [2.45, 2.75) is 19.3 Å². The van der Waals surface area contributed by atoms with Crippen LogP contribution in [0.25, 0.3) is 0 Å². The lowest BCUT2D eigenvalue weighted by Crippen LogP contribution is -2.36. The highest BCUT2D eigenvalue weighted by Gasteiger charge is 2.25. The Labute approximate surface area is 65.2 Å². The Morgan fingerprint density at radius 3 is 2.91 bits per heavy atom. The molecule has 0 saturated heterocycles. The van der Waals surface area contributed by atoms with Gasteiger partial charge in [-0.05, 0) is 19.3 Å². The molecule has 0 radical (unpaired) electrons. The van der Waals surface area contributed by atoms with Crippen LogP contribution in [0.4, 0.5) is 0 Å². The highest BCUT2D eigenvalue weighted by Crippen LogP contribution is 2.26. The van der Waals surface area contributed by atoms with Gasteiger partial charge in [0.15, 0.2) is 0 Å². The SMILES string of the molecule is C=C1NC(=O)C2=C(CCC2)N1. The van der Waals surface area contributed by atoms with Gasteiger partial charge in [0.1, 0.15) is 5.82 Å². The Morgan fingerprint density at radius 1 is 1.27 bits per heavy atom. The lowest BCUT2D eigenvalue weighted by atomic mass is 10.2. The van der Waals surface area contributed by atoms with E-state index in [-0.39, 0.29) is 5.91 Å². The van der Waals surface area contributed by atoms with Crippen LogP contribution in [0, 0.1) is 0 Å². The molecule has 58 valence electrons. The predicted molar refractivity (Wildman–Crippen MR) is 41.3 cm³/mol. The average molecular weight is 150 g/mol. The third kappa shape index (κ3) is 0.926. The fourth-order valence-corrected chi connectivity index (χ4v) is 1.56. The summed E-state index contributed by atoms with van der Waals surface area (Å²) < 4.78 is 0. The van der Waals surface area contributed by atoms with Gasteiger partial charge < -0.3 is 10.6 Å². The summed E-state index contributed by atoms with van der Waals surface area (Å²) in [6.07, 6.45) is 2.97. The van der Waals surface area contributed by atoms with E-state index in [9.17, 15) is 4.79 Å². The Balaban J connectivity index is 2.35. The summed E-state index contributed by atoms with van der Waals surface area (Å²) >= 11 is 0. The molecule has 2 aliphatic rings. The highest BCUT2D eigenvalue weighted by molar-refractivity contribution is 5.96. The van der Waals surface area contributed by atoms with Gasteiger partial charge in [-0.3, -0.25) is 4.79 Å². The van der Waals surface area contributed by atoms with Crippen molar-refractivity contribution >= 4 is 5.91 Å². The maximum Gasteiger partial charge on any atom is 0.254 e. The first-order valence-electron chi connectivity index (χ1n) is 3.76. The van der Waals surface area contributed by atoms with E-state index in [1.165, 1.54) is 0 Å². The minimum Gasteiger partial charge on any atom is -0.345 e. The molecule has 0 spiro atoms. The molecule has 11 heavy (non-hydrogen) atoms. The quantitative estimate of drug-likeness (QED) is 0.531. The summed E-state index contributed by atoms with van der Waals surface area (Å²) in [6.45, 7) is 3.65. The maximum absolute atomic E-state index is 11.2. The van der Waals surface area contributed by atoms with Crippen LogP contribution in [0.1, 0.15) is 19.3 Å². The van der Waals surface area contributed by atoms with Crippen molar-refractivity contribution in [3.05, 3.63) is 23.7 Å². The molecular weight excluding hydrogens is 140 g/mol. The number of hydrogen-bond donors (Lipinski definition) is 2. The zero-order valence-corrected chi connectivity index (χ0v) is 6.24. The maximum atomic E-state index is 11.2. The van der Waals surface area contributed by atoms with E-state index in [1.807, 2.05) is 0 Å². The molecule has 0 saturated carbocycles. The van der Waals surface area contributed by atoms with Crippen LogP contribution in [0.2, 0.25) is 0 Å². The normalized spacial score (nSPS) is 22.9. The standard InChI is InChI=1S/C8H10N2O/c1-5-9-7-4-2-3-6(7)8(11)10-5/h9H,1-4H2,(H,10,11). The van der Waals surface area contributed by atoms with Crippen molar-refractivity contribution in [1.82, 2.24) is 10.6 Å². The largest absolute Gasteiger partial charge is 0.345 e. The highest BCUT2D eigenvalue weighted by atomic mass is 16.2. The van der Waals surface area contributed by atoms with Crippen molar-refractivity contribution in [2.75, 3.05) is 0 Å². The van der Waals surface area contributed by atoms with Crippen molar-refractivity contribution in [3.8, 4) is 0 Å². The average Bonchev–Trinajstić information content (AvgIpc) is 2.34. The molecule has 1 heterocycles. The number of allylic oxidation sites excluding steroid dienone is 1. The van der Waals surface area contributed by atoms with Crippen molar-refractivity contribution in [3.63, 3.8) is 0 Å². The molecular formula is C8H10N2O. The van der Waals surface area contributed by atoms with Gasteiger partial charge in [0, 0.05) is 11.3 Å². The van der Waals surface area contributed by atoms with Crippen LogP contribution < -0.4 is 10.6 Å². The Morgan fingerprint density at radius 2 is 2.09 bits per heavy atom. The third-order valence-corrected chi connectivity index (χ3v) is 2.06. The topological polar surface area (TPSA) is 41.1 Å². The summed E-state index contributed by atoms with van der Waals surface area (Å²) in [5.74, 6) is 0.636. The molecule has 3 heteroatoms. The van der Waals surface area contributed by atoms with Crippen LogP contribution in [-0.2, 0) is 4.79 Å². The van der Waals surface area contributed by atoms with Gasteiger partial charge in [-0.15, -0.1) is 0 Å². The van der Waals surface area contributed by atoms with Gasteiger partial charge in [0.25, 0.3) is 5.91 Å². The van der Waals surface area contributed by atoms with Gasteiger partial charge in [0.05, 0.1) is 0 Å². The second kappa shape index (κ2) is 2.12. The Kier molecular flexibility index (Phi) is 1.24. The third-order valence-electron chi connectivity index (χ3n) is 2.06. The zero-order valence-electron chi connectivity index (χ0n) is 6.24. The number of rotatable bonds is 0. The molecule has 0 aromatic heterocycles. The summed E-state index contributed by atoms with van der Waals surface area (Å²) in [4.78, 5) is 11.2. The van der Waals surface area contributed by atoms with Crippen LogP contribution >= 0.6 is 0 Å². The molecule has 1 amide bonds. The lowest BCUT2D eigenvalue weighted by Gasteiger charge is -2.18. The second-order valence-corrected chi connectivity index (χ2v) is 2.87. The van der Waals surface area contributed by atoms with E-state index in [0.717, 1.165) is 30.5 Å². The first-order valence-corrected chi connectivity index (χ1v) is 3.76. The minimum absolute atomic E-state index is 0.0289. The second-order valence-electron chi connectivity index (χ2n) is 2.87. The molecule has 0 unspecified atom stereocenters. The van der Waals surface area contributed by atoms with E-state index in [1.54, 1.807) is 0 Å². The monoisotopic (exact) mass is 150 g/mol.